The number of hydrogen-bond acceptors (Lipinski definition) is 6. The van der Waals surface area contributed by atoms with Crippen LogP contribution in [0.15, 0.2) is 48.9 Å². The van der Waals surface area contributed by atoms with Crippen molar-refractivity contribution in [2.24, 2.45) is 0 Å². The maximum Gasteiger partial charge on any atom is 0.433 e. The number of nitrogens with zero attached hydrogens (tertiary/aromatic N) is 2. The Kier molecular flexibility index (Phi) is 7.34. The summed E-state index contributed by atoms with van der Waals surface area (Å²) < 4.78 is 116. The molecular weight excluding hydrogens is 536 g/mol. The van der Waals surface area contributed by atoms with Gasteiger partial charge in [0.15, 0.2) is 11.5 Å². The van der Waals surface area contributed by atoms with Crippen molar-refractivity contribution < 1.29 is 49.7 Å². The summed E-state index contributed by atoms with van der Waals surface area (Å²) in [5.74, 6) is -1.17. The second kappa shape index (κ2) is 10.0. The molecule has 1 saturated carbocycles. The highest BCUT2D eigenvalue weighted by atomic mass is 32.1. The van der Waals surface area contributed by atoms with Gasteiger partial charge in [-0.3, -0.25) is 4.98 Å². The van der Waals surface area contributed by atoms with Gasteiger partial charge in [0.25, 0.3) is 0 Å². The van der Waals surface area contributed by atoms with E-state index in [1.54, 1.807) is 12.1 Å². The van der Waals surface area contributed by atoms with Gasteiger partial charge in [-0.2, -0.15) is 35.1 Å². The number of thiazole rings is 1. The van der Waals surface area contributed by atoms with E-state index in [0.29, 0.717) is 24.0 Å². The summed E-state index contributed by atoms with van der Waals surface area (Å²) in [6, 6.07) is 7.13. The molecule has 14 heteroatoms. The van der Waals surface area contributed by atoms with Gasteiger partial charge in [0.05, 0.1) is 6.10 Å². The number of aromatic nitrogens is 2. The normalized spacial score (nSPS) is 15.6. The van der Waals surface area contributed by atoms with Gasteiger partial charge in [-0.1, -0.05) is 6.07 Å². The first-order chi connectivity index (χ1) is 17.3. The van der Waals surface area contributed by atoms with E-state index in [0.717, 1.165) is 6.20 Å². The monoisotopic (exact) mass is 554 g/mol. The number of alkyl halides is 8. The summed E-state index contributed by atoms with van der Waals surface area (Å²) in [5.41, 5.74) is -4.19. The molecule has 0 spiro atoms. The highest BCUT2D eigenvalue weighted by Crippen LogP contribution is 2.52. The van der Waals surface area contributed by atoms with Crippen molar-refractivity contribution >= 4 is 11.3 Å². The Hall–Kier alpha value is -3.00. The summed E-state index contributed by atoms with van der Waals surface area (Å²) in [6.07, 6.45) is -7.19. The van der Waals surface area contributed by atoms with E-state index in [1.807, 2.05) is 0 Å². The lowest BCUT2D eigenvalue weighted by Gasteiger charge is -2.30. The van der Waals surface area contributed by atoms with E-state index in [4.69, 9.17) is 4.74 Å². The maximum absolute atomic E-state index is 13.4. The number of pyridine rings is 1. The molecule has 0 saturated heterocycles. The van der Waals surface area contributed by atoms with Crippen LogP contribution >= 0.6 is 11.3 Å². The molecule has 1 aliphatic rings. The highest BCUT2D eigenvalue weighted by Gasteiger charge is 2.73. The zero-order valence-electron chi connectivity index (χ0n) is 18.6. The average Bonchev–Trinajstić information content (AvgIpc) is 3.49. The Morgan fingerprint density at radius 3 is 2.19 bits per heavy atom. The number of ether oxygens (including phenoxy) is 2. The van der Waals surface area contributed by atoms with Gasteiger partial charge in [-0.15, -0.1) is 11.3 Å². The SMILES string of the molecule is OC(c1ncc(C(Cc2ccncc2)c2ccc(OC(F)F)c(OC3CC3)c2)s1)(C(F)(F)F)C(F)(F)F. The van der Waals surface area contributed by atoms with E-state index in [9.17, 15) is 40.2 Å². The fraction of sp³-hybridized carbons (Fsp3) is 0.391. The van der Waals surface area contributed by atoms with Gasteiger partial charge >= 0.3 is 24.6 Å². The Morgan fingerprint density at radius 1 is 0.973 bits per heavy atom. The Bertz CT molecular complexity index is 1200. The highest BCUT2D eigenvalue weighted by molar-refractivity contribution is 7.11. The zero-order chi connectivity index (χ0) is 27.0. The second-order valence-corrected chi connectivity index (χ2v) is 9.35. The molecule has 37 heavy (non-hydrogen) atoms. The number of benzene rings is 1. The third-order valence-electron chi connectivity index (χ3n) is 5.59. The lowest BCUT2D eigenvalue weighted by molar-refractivity contribution is -0.376. The Balaban J connectivity index is 1.79. The summed E-state index contributed by atoms with van der Waals surface area (Å²) in [4.78, 5) is 7.16. The van der Waals surface area contributed by atoms with Crippen LogP contribution in [0, 0.1) is 0 Å². The molecule has 1 atom stereocenters. The van der Waals surface area contributed by atoms with Crippen LogP contribution in [-0.4, -0.2) is 40.1 Å². The molecule has 1 fully saturated rings. The minimum absolute atomic E-state index is 0.0290. The number of rotatable bonds is 9. The van der Waals surface area contributed by atoms with Crippen molar-refractivity contribution in [1.82, 2.24) is 9.97 Å². The third-order valence-corrected chi connectivity index (χ3v) is 6.81. The van der Waals surface area contributed by atoms with Crippen LogP contribution in [0.1, 0.15) is 39.8 Å². The smallest absolute Gasteiger partial charge is 0.433 e. The molecule has 0 amide bonds. The summed E-state index contributed by atoms with van der Waals surface area (Å²) in [5, 5.41) is 8.18. The number of halogens is 8. The fourth-order valence-electron chi connectivity index (χ4n) is 3.55. The molecule has 0 aliphatic heterocycles. The summed E-state index contributed by atoms with van der Waals surface area (Å²) in [7, 11) is 0. The van der Waals surface area contributed by atoms with Crippen molar-refractivity contribution in [3.8, 4) is 11.5 Å². The van der Waals surface area contributed by atoms with Crippen molar-refractivity contribution in [3.05, 3.63) is 69.9 Å². The van der Waals surface area contributed by atoms with Crippen LogP contribution < -0.4 is 9.47 Å². The maximum atomic E-state index is 13.4. The molecule has 0 radical (unpaired) electrons. The topological polar surface area (TPSA) is 64.5 Å². The minimum atomic E-state index is -6.08. The van der Waals surface area contributed by atoms with E-state index in [-0.39, 0.29) is 40.2 Å². The van der Waals surface area contributed by atoms with Gasteiger partial charge in [0, 0.05) is 29.4 Å². The van der Waals surface area contributed by atoms with Crippen molar-refractivity contribution in [1.29, 1.82) is 0 Å². The van der Waals surface area contributed by atoms with Crippen molar-refractivity contribution in [3.63, 3.8) is 0 Å². The van der Waals surface area contributed by atoms with Crippen LogP contribution in [0.4, 0.5) is 35.1 Å². The van der Waals surface area contributed by atoms with Crippen LogP contribution in [0.25, 0.3) is 0 Å². The first-order valence-electron chi connectivity index (χ1n) is 10.8. The van der Waals surface area contributed by atoms with E-state index in [1.165, 1.54) is 30.6 Å². The molecule has 3 aromatic rings. The first kappa shape index (κ1) is 27.0. The largest absolute Gasteiger partial charge is 0.487 e. The van der Waals surface area contributed by atoms with Crippen LogP contribution in [0.3, 0.4) is 0 Å². The predicted molar refractivity (Wildman–Crippen MR) is 115 cm³/mol. The standard InChI is InChI=1S/C23H18F8N2O3S/c24-20(25)36-16-4-1-13(10-17(16)35-14-2-3-14)15(9-12-5-7-32-8-6-12)18-11-33-19(37-18)21(34,22(26,27)28)23(29,30)31/h1,4-8,10-11,14-15,20,34H,2-3,9H2. The molecule has 5 nitrogen and oxygen atoms in total. The van der Waals surface area contributed by atoms with E-state index < -0.39 is 35.5 Å². The van der Waals surface area contributed by atoms with Crippen LogP contribution in [0.2, 0.25) is 0 Å². The lowest BCUT2D eigenvalue weighted by atomic mass is 9.91. The molecular formula is C23H18F8N2O3S. The van der Waals surface area contributed by atoms with Gasteiger partial charge in [0.1, 0.15) is 5.01 Å². The third kappa shape index (κ3) is 5.79. The molecule has 200 valence electrons. The number of aliphatic hydroxyl groups is 1. The van der Waals surface area contributed by atoms with E-state index >= 15 is 0 Å². The lowest BCUT2D eigenvalue weighted by Crippen LogP contribution is -2.53. The first-order valence-corrected chi connectivity index (χ1v) is 11.6. The molecule has 1 aliphatic carbocycles. The van der Waals surface area contributed by atoms with Gasteiger partial charge in [-0.25, -0.2) is 4.98 Å². The van der Waals surface area contributed by atoms with Crippen molar-refractivity contribution in [2.45, 2.75) is 55.8 Å². The zero-order valence-corrected chi connectivity index (χ0v) is 19.4. The summed E-state index contributed by atoms with van der Waals surface area (Å²) >= 11 is 0.0539. The summed E-state index contributed by atoms with van der Waals surface area (Å²) in [6.45, 7) is -3.15. The Labute approximate surface area is 208 Å². The van der Waals surface area contributed by atoms with Crippen LogP contribution in [-0.2, 0) is 12.0 Å². The molecule has 1 unspecified atom stereocenters. The van der Waals surface area contributed by atoms with Gasteiger partial charge < -0.3 is 14.6 Å². The fourth-order valence-corrected chi connectivity index (χ4v) is 4.72. The molecule has 4 rings (SSSR count). The van der Waals surface area contributed by atoms with E-state index in [2.05, 4.69) is 14.7 Å². The van der Waals surface area contributed by atoms with Crippen LogP contribution in [0.5, 0.6) is 11.5 Å². The minimum Gasteiger partial charge on any atom is -0.487 e. The molecule has 1 N–H and O–H groups in total. The van der Waals surface area contributed by atoms with Gasteiger partial charge in [-0.05, 0) is 54.7 Å². The molecule has 1 aromatic carbocycles. The molecule has 2 heterocycles. The quantitative estimate of drug-likeness (QED) is 0.312. The molecule has 0 bridgehead atoms. The Morgan fingerprint density at radius 2 is 1.62 bits per heavy atom. The predicted octanol–water partition coefficient (Wildman–Crippen LogP) is 6.37. The van der Waals surface area contributed by atoms with Crippen molar-refractivity contribution in [2.75, 3.05) is 0 Å². The second-order valence-electron chi connectivity index (χ2n) is 8.29. The average molecular weight is 554 g/mol. The van der Waals surface area contributed by atoms with Gasteiger partial charge in [0.2, 0.25) is 0 Å². The number of hydrogen-bond donors (Lipinski definition) is 1. The molecule has 2 aromatic heterocycles.